The van der Waals surface area contributed by atoms with Gasteiger partial charge >= 0.3 is 0 Å². The van der Waals surface area contributed by atoms with E-state index >= 15 is 0 Å². The van der Waals surface area contributed by atoms with Gasteiger partial charge < -0.3 is 20.1 Å². The molecule has 0 saturated carbocycles. The molecule has 0 aromatic rings. The van der Waals surface area contributed by atoms with Crippen LogP contribution in [0.3, 0.4) is 0 Å². The Labute approximate surface area is 96.9 Å². The summed E-state index contributed by atoms with van der Waals surface area (Å²) in [5.74, 6) is 0.0203. The zero-order chi connectivity index (χ0) is 12.0. The van der Waals surface area contributed by atoms with Crippen molar-refractivity contribution in [2.24, 2.45) is 5.73 Å². The van der Waals surface area contributed by atoms with Crippen LogP contribution in [0, 0.1) is 0 Å². The first kappa shape index (κ1) is 13.4. The first-order valence-electron chi connectivity index (χ1n) is 5.71. The van der Waals surface area contributed by atoms with Crippen LogP contribution in [0.25, 0.3) is 0 Å². The molecule has 1 saturated heterocycles. The van der Waals surface area contributed by atoms with Crippen LogP contribution in [-0.2, 0) is 14.3 Å². The van der Waals surface area contributed by atoms with Crippen molar-refractivity contribution in [1.82, 2.24) is 4.90 Å². The Hall–Kier alpha value is -0.650. The maximum Gasteiger partial charge on any atom is 0.242 e. The van der Waals surface area contributed by atoms with E-state index in [2.05, 4.69) is 0 Å². The van der Waals surface area contributed by atoms with Gasteiger partial charge in [-0.15, -0.1) is 0 Å². The summed E-state index contributed by atoms with van der Waals surface area (Å²) in [5.41, 5.74) is 5.38. The molecule has 5 heteroatoms. The molecular formula is C11H22N2O3. The lowest BCUT2D eigenvalue weighted by atomic mass is 9.90. The number of nitrogens with two attached hydrogens (primary N) is 1. The van der Waals surface area contributed by atoms with Gasteiger partial charge in [-0.3, -0.25) is 4.79 Å². The van der Waals surface area contributed by atoms with E-state index in [9.17, 15) is 4.79 Å². The van der Waals surface area contributed by atoms with Gasteiger partial charge in [-0.25, -0.2) is 0 Å². The van der Waals surface area contributed by atoms with E-state index < -0.39 is 5.54 Å². The van der Waals surface area contributed by atoms with Gasteiger partial charge in [-0.2, -0.15) is 0 Å². The summed E-state index contributed by atoms with van der Waals surface area (Å²) >= 11 is 0. The van der Waals surface area contributed by atoms with E-state index in [4.69, 9.17) is 15.2 Å². The maximum absolute atomic E-state index is 12.1. The number of nitrogens with zero attached hydrogens (tertiary/aromatic N) is 1. The Morgan fingerprint density at radius 2 is 2.12 bits per heavy atom. The zero-order valence-corrected chi connectivity index (χ0v) is 10.2. The fraction of sp³-hybridized carbons (Fsp3) is 0.909. The van der Waals surface area contributed by atoms with E-state index in [0.717, 1.165) is 6.42 Å². The molecular weight excluding hydrogens is 208 g/mol. The molecule has 1 amide bonds. The van der Waals surface area contributed by atoms with Crippen LogP contribution >= 0.6 is 0 Å². The molecule has 1 aliphatic rings. The summed E-state index contributed by atoms with van der Waals surface area (Å²) in [6.07, 6.45) is 2.06. The Balaban J connectivity index is 2.41. The smallest absolute Gasteiger partial charge is 0.242 e. The molecule has 0 unspecified atom stereocenters. The number of carbonyl (C=O) groups excluding carboxylic acids is 1. The summed E-state index contributed by atoms with van der Waals surface area (Å²) in [6.45, 7) is 2.51. The van der Waals surface area contributed by atoms with Crippen molar-refractivity contribution < 1.29 is 14.3 Å². The molecule has 0 aromatic carbocycles. The average molecular weight is 230 g/mol. The molecule has 0 aliphatic carbocycles. The van der Waals surface area contributed by atoms with Crippen molar-refractivity contribution in [3.63, 3.8) is 0 Å². The standard InChI is InChI=1S/C11H22N2O3/c1-13(6-3-7-15-2)10(14)11(12)4-8-16-9-5-11/h3-9,12H2,1-2H3. The van der Waals surface area contributed by atoms with Gasteiger partial charge in [-0.05, 0) is 19.3 Å². The summed E-state index contributed by atoms with van der Waals surface area (Å²) in [6, 6.07) is 0. The van der Waals surface area contributed by atoms with Crippen molar-refractivity contribution >= 4 is 5.91 Å². The van der Waals surface area contributed by atoms with Crippen LogP contribution < -0.4 is 5.73 Å². The fourth-order valence-electron chi connectivity index (χ4n) is 1.88. The molecule has 5 nitrogen and oxygen atoms in total. The highest BCUT2D eigenvalue weighted by molar-refractivity contribution is 5.86. The Morgan fingerprint density at radius 1 is 1.50 bits per heavy atom. The molecule has 0 spiro atoms. The van der Waals surface area contributed by atoms with Crippen molar-refractivity contribution in [2.75, 3.05) is 40.5 Å². The molecule has 0 atom stereocenters. The molecule has 0 bridgehead atoms. The Morgan fingerprint density at radius 3 is 2.69 bits per heavy atom. The van der Waals surface area contributed by atoms with Gasteiger partial charge in [0.25, 0.3) is 0 Å². The predicted octanol–water partition coefficient (Wildman–Crippen LogP) is -0.0108. The van der Waals surface area contributed by atoms with E-state index in [1.165, 1.54) is 0 Å². The van der Waals surface area contributed by atoms with Crippen LogP contribution in [0.1, 0.15) is 19.3 Å². The monoisotopic (exact) mass is 230 g/mol. The third-order valence-corrected chi connectivity index (χ3v) is 3.00. The van der Waals surface area contributed by atoms with Crippen molar-refractivity contribution in [2.45, 2.75) is 24.8 Å². The molecule has 0 aromatic heterocycles. The number of hydrogen-bond acceptors (Lipinski definition) is 4. The lowest BCUT2D eigenvalue weighted by Gasteiger charge is -2.35. The molecule has 16 heavy (non-hydrogen) atoms. The molecule has 1 fully saturated rings. The summed E-state index contributed by atoms with van der Waals surface area (Å²) in [7, 11) is 3.45. The number of ether oxygens (including phenoxy) is 2. The highest BCUT2D eigenvalue weighted by Crippen LogP contribution is 2.19. The van der Waals surface area contributed by atoms with Crippen LogP contribution in [0.5, 0.6) is 0 Å². The van der Waals surface area contributed by atoms with Crippen molar-refractivity contribution in [3.05, 3.63) is 0 Å². The fourth-order valence-corrected chi connectivity index (χ4v) is 1.88. The van der Waals surface area contributed by atoms with Crippen LogP contribution in [-0.4, -0.2) is 56.9 Å². The highest BCUT2D eigenvalue weighted by atomic mass is 16.5. The summed E-state index contributed by atoms with van der Waals surface area (Å²) in [5, 5.41) is 0. The van der Waals surface area contributed by atoms with Crippen LogP contribution in [0.2, 0.25) is 0 Å². The normalized spacial score (nSPS) is 19.4. The number of hydrogen-bond donors (Lipinski definition) is 1. The van der Waals surface area contributed by atoms with Crippen LogP contribution in [0.4, 0.5) is 0 Å². The quantitative estimate of drug-likeness (QED) is 0.675. The Bertz CT molecular complexity index is 227. The summed E-state index contributed by atoms with van der Waals surface area (Å²) in [4.78, 5) is 13.8. The number of methoxy groups -OCH3 is 1. The third-order valence-electron chi connectivity index (χ3n) is 3.00. The second kappa shape index (κ2) is 6.18. The van der Waals surface area contributed by atoms with Crippen LogP contribution in [0.15, 0.2) is 0 Å². The van der Waals surface area contributed by atoms with Gasteiger partial charge in [0.15, 0.2) is 0 Å². The van der Waals surface area contributed by atoms with Gasteiger partial charge in [0.2, 0.25) is 5.91 Å². The Kier molecular flexibility index (Phi) is 5.18. The van der Waals surface area contributed by atoms with E-state index in [-0.39, 0.29) is 5.91 Å². The maximum atomic E-state index is 12.1. The lowest BCUT2D eigenvalue weighted by Crippen LogP contribution is -2.57. The number of amides is 1. The van der Waals surface area contributed by atoms with Gasteiger partial charge in [-0.1, -0.05) is 0 Å². The first-order chi connectivity index (χ1) is 7.60. The molecule has 94 valence electrons. The minimum absolute atomic E-state index is 0.0203. The number of rotatable bonds is 5. The highest BCUT2D eigenvalue weighted by Gasteiger charge is 2.37. The molecule has 0 radical (unpaired) electrons. The minimum atomic E-state index is -0.722. The van der Waals surface area contributed by atoms with Gasteiger partial charge in [0.1, 0.15) is 0 Å². The minimum Gasteiger partial charge on any atom is -0.385 e. The average Bonchev–Trinajstić information content (AvgIpc) is 2.29. The van der Waals surface area contributed by atoms with Gasteiger partial charge in [0.05, 0.1) is 5.54 Å². The van der Waals surface area contributed by atoms with E-state index in [1.54, 1.807) is 19.1 Å². The predicted molar refractivity (Wildman–Crippen MR) is 61.1 cm³/mol. The second-order valence-electron chi connectivity index (χ2n) is 4.34. The van der Waals surface area contributed by atoms with Gasteiger partial charge in [0, 0.05) is 40.5 Å². The number of carbonyl (C=O) groups is 1. The SMILES string of the molecule is COCCCN(C)C(=O)C1(N)CCOCC1. The zero-order valence-electron chi connectivity index (χ0n) is 10.2. The third kappa shape index (κ3) is 3.43. The number of likely N-dealkylation sites (N-methyl/N-ethyl adjacent to an activating group) is 1. The topological polar surface area (TPSA) is 64.8 Å². The first-order valence-corrected chi connectivity index (χ1v) is 5.71. The lowest BCUT2D eigenvalue weighted by molar-refractivity contribution is -0.139. The van der Waals surface area contributed by atoms with Crippen molar-refractivity contribution in [3.8, 4) is 0 Å². The molecule has 1 heterocycles. The largest absolute Gasteiger partial charge is 0.385 e. The van der Waals surface area contributed by atoms with E-state index in [1.807, 2.05) is 0 Å². The molecule has 1 rings (SSSR count). The molecule has 2 N–H and O–H groups in total. The van der Waals surface area contributed by atoms with Crippen molar-refractivity contribution in [1.29, 1.82) is 0 Å². The van der Waals surface area contributed by atoms with E-state index in [0.29, 0.717) is 39.2 Å². The second-order valence-corrected chi connectivity index (χ2v) is 4.34. The summed E-state index contributed by atoms with van der Waals surface area (Å²) < 4.78 is 10.2. The molecule has 1 aliphatic heterocycles.